The van der Waals surface area contributed by atoms with Crippen molar-refractivity contribution in [3.63, 3.8) is 0 Å². The van der Waals surface area contributed by atoms with E-state index in [0.29, 0.717) is 19.5 Å². The van der Waals surface area contributed by atoms with Crippen LogP contribution in [0.15, 0.2) is 52.1 Å². The van der Waals surface area contributed by atoms with E-state index in [1.807, 2.05) is 30.3 Å². The number of nitrogens with zero attached hydrogens (tertiary/aromatic N) is 2. The predicted octanol–water partition coefficient (Wildman–Crippen LogP) is 3.57. The maximum Gasteiger partial charge on any atom is 0.225 e. The van der Waals surface area contributed by atoms with Crippen LogP contribution in [0.4, 0.5) is 5.69 Å². The van der Waals surface area contributed by atoms with Gasteiger partial charge in [-0.05, 0) is 36.9 Å². The third kappa shape index (κ3) is 5.98. The molecular formula is C22H32IN5O2. The molecule has 2 atom stereocenters. The highest BCUT2D eigenvalue weighted by molar-refractivity contribution is 14.0. The van der Waals surface area contributed by atoms with E-state index in [4.69, 9.17) is 4.42 Å². The van der Waals surface area contributed by atoms with Gasteiger partial charge in [-0.3, -0.25) is 14.7 Å². The summed E-state index contributed by atoms with van der Waals surface area (Å²) in [6.07, 6.45) is 2.18. The molecule has 1 aromatic heterocycles. The lowest BCUT2D eigenvalue weighted by atomic mass is 9.90. The van der Waals surface area contributed by atoms with Gasteiger partial charge in [-0.25, -0.2) is 0 Å². The molecule has 3 rings (SSSR count). The molecule has 164 valence electrons. The van der Waals surface area contributed by atoms with E-state index < -0.39 is 0 Å². The molecule has 3 N–H and O–H groups in total. The summed E-state index contributed by atoms with van der Waals surface area (Å²) in [5, 5.41) is 9.75. The molecule has 1 aliphatic heterocycles. The lowest BCUT2D eigenvalue weighted by Gasteiger charge is -2.29. The van der Waals surface area contributed by atoms with Gasteiger partial charge in [0.1, 0.15) is 5.76 Å². The number of anilines is 1. The molecule has 0 aliphatic carbocycles. The summed E-state index contributed by atoms with van der Waals surface area (Å²) in [6, 6.07) is 12.0. The second kappa shape index (κ2) is 11.9. The number of amides is 1. The summed E-state index contributed by atoms with van der Waals surface area (Å²) in [6.45, 7) is 7.49. The first-order chi connectivity index (χ1) is 14.2. The van der Waals surface area contributed by atoms with Gasteiger partial charge in [-0.15, -0.1) is 24.0 Å². The standard InChI is InChI=1S/C22H31N5O2.HI/c1-4-27(5-2)19(20-11-8-12-29-20)15-25-22(23-3)24-14-16-13-21(28)26-18-10-7-6-9-17(16)18;/h6-12,16,19H,4-5,13-15H2,1-3H3,(H,26,28)(H2,23,24,25);1H. The van der Waals surface area contributed by atoms with Crippen LogP contribution in [0.25, 0.3) is 0 Å². The number of carbonyl (C=O) groups excluding carboxylic acids is 1. The van der Waals surface area contributed by atoms with Crippen molar-refractivity contribution in [2.45, 2.75) is 32.2 Å². The molecule has 0 bridgehead atoms. The van der Waals surface area contributed by atoms with E-state index >= 15 is 0 Å². The van der Waals surface area contributed by atoms with Gasteiger partial charge in [0.05, 0.1) is 12.3 Å². The fourth-order valence-corrected chi connectivity index (χ4v) is 3.87. The second-order valence-electron chi connectivity index (χ2n) is 7.12. The van der Waals surface area contributed by atoms with Gasteiger partial charge in [0.2, 0.25) is 5.91 Å². The van der Waals surface area contributed by atoms with E-state index in [2.05, 4.69) is 45.8 Å². The Labute approximate surface area is 195 Å². The summed E-state index contributed by atoms with van der Waals surface area (Å²) in [7, 11) is 1.76. The summed E-state index contributed by atoms with van der Waals surface area (Å²) in [4.78, 5) is 18.7. The van der Waals surface area contributed by atoms with Crippen molar-refractivity contribution in [1.29, 1.82) is 0 Å². The lowest BCUT2D eigenvalue weighted by molar-refractivity contribution is -0.116. The summed E-state index contributed by atoms with van der Waals surface area (Å²) >= 11 is 0. The summed E-state index contributed by atoms with van der Waals surface area (Å²) in [5.41, 5.74) is 2.06. The Balaban J connectivity index is 0.00000320. The average Bonchev–Trinajstić information content (AvgIpc) is 3.27. The fraction of sp³-hybridized carbons (Fsp3) is 0.455. The van der Waals surface area contributed by atoms with Crippen LogP contribution in [0.3, 0.4) is 0 Å². The number of nitrogens with one attached hydrogen (secondary N) is 3. The van der Waals surface area contributed by atoms with E-state index in [1.54, 1.807) is 13.3 Å². The topological polar surface area (TPSA) is 81.9 Å². The van der Waals surface area contributed by atoms with Crippen molar-refractivity contribution in [2.24, 2.45) is 4.99 Å². The van der Waals surface area contributed by atoms with Gasteiger partial charge >= 0.3 is 0 Å². The number of fused-ring (bicyclic) bond motifs is 1. The number of hydrogen-bond acceptors (Lipinski definition) is 4. The first kappa shape index (κ1) is 24.2. The smallest absolute Gasteiger partial charge is 0.225 e. The molecule has 1 aromatic carbocycles. The van der Waals surface area contributed by atoms with Gasteiger partial charge in [0.25, 0.3) is 0 Å². The van der Waals surface area contributed by atoms with Crippen molar-refractivity contribution < 1.29 is 9.21 Å². The third-order valence-electron chi connectivity index (χ3n) is 5.43. The SMILES string of the molecule is CCN(CC)C(CNC(=NC)NCC1CC(=O)Nc2ccccc21)c1ccco1.I. The highest BCUT2D eigenvalue weighted by atomic mass is 127. The van der Waals surface area contributed by atoms with Crippen LogP contribution < -0.4 is 16.0 Å². The van der Waals surface area contributed by atoms with Crippen LogP contribution in [0, 0.1) is 0 Å². The minimum atomic E-state index is 0. The van der Waals surface area contributed by atoms with Crippen molar-refractivity contribution in [3.05, 3.63) is 54.0 Å². The Morgan fingerprint density at radius 1 is 1.23 bits per heavy atom. The van der Waals surface area contributed by atoms with Gasteiger partial charge in [-0.1, -0.05) is 32.0 Å². The Hall–Kier alpha value is -2.07. The molecule has 1 aliphatic rings. The van der Waals surface area contributed by atoms with Crippen LogP contribution in [0.1, 0.15) is 43.6 Å². The number of hydrogen-bond donors (Lipinski definition) is 3. The lowest BCUT2D eigenvalue weighted by Crippen LogP contribution is -2.44. The number of para-hydroxylation sites is 1. The normalized spacial score (nSPS) is 17.0. The Kier molecular flexibility index (Phi) is 9.64. The molecule has 0 saturated carbocycles. The molecule has 2 heterocycles. The first-order valence-corrected chi connectivity index (χ1v) is 10.3. The van der Waals surface area contributed by atoms with E-state index in [-0.39, 0.29) is 41.8 Å². The quantitative estimate of drug-likeness (QED) is 0.279. The number of halogens is 1. The largest absolute Gasteiger partial charge is 0.468 e. The first-order valence-electron chi connectivity index (χ1n) is 10.3. The number of likely N-dealkylation sites (N-methyl/N-ethyl adjacent to an activating group) is 1. The summed E-state index contributed by atoms with van der Waals surface area (Å²) in [5.74, 6) is 1.83. The molecule has 2 aromatic rings. The highest BCUT2D eigenvalue weighted by Gasteiger charge is 2.25. The Morgan fingerprint density at radius 3 is 2.67 bits per heavy atom. The van der Waals surface area contributed by atoms with E-state index in [1.165, 1.54) is 0 Å². The number of rotatable bonds is 8. The average molecular weight is 525 g/mol. The van der Waals surface area contributed by atoms with Crippen molar-refractivity contribution in [1.82, 2.24) is 15.5 Å². The number of benzene rings is 1. The monoisotopic (exact) mass is 525 g/mol. The Morgan fingerprint density at radius 2 is 2.00 bits per heavy atom. The maximum atomic E-state index is 12.0. The minimum Gasteiger partial charge on any atom is -0.468 e. The molecule has 1 amide bonds. The van der Waals surface area contributed by atoms with Gasteiger partial charge in [0.15, 0.2) is 5.96 Å². The van der Waals surface area contributed by atoms with Crippen molar-refractivity contribution in [3.8, 4) is 0 Å². The minimum absolute atomic E-state index is 0. The molecule has 0 radical (unpaired) electrons. The molecule has 0 saturated heterocycles. The van der Waals surface area contributed by atoms with Crippen molar-refractivity contribution >= 4 is 41.5 Å². The van der Waals surface area contributed by atoms with Crippen LogP contribution >= 0.6 is 24.0 Å². The number of furan rings is 1. The molecule has 0 fully saturated rings. The molecule has 0 spiro atoms. The van der Waals surface area contributed by atoms with Crippen LogP contribution in [0.2, 0.25) is 0 Å². The Bertz CT molecular complexity index is 821. The van der Waals surface area contributed by atoms with E-state index in [9.17, 15) is 4.79 Å². The van der Waals surface area contributed by atoms with Gasteiger partial charge in [0, 0.05) is 38.2 Å². The third-order valence-corrected chi connectivity index (χ3v) is 5.43. The number of guanidine groups is 1. The van der Waals surface area contributed by atoms with Crippen LogP contribution in [0.5, 0.6) is 0 Å². The number of aliphatic imine (C=N–C) groups is 1. The summed E-state index contributed by atoms with van der Waals surface area (Å²) < 4.78 is 5.67. The molecule has 2 unspecified atom stereocenters. The zero-order valence-electron chi connectivity index (χ0n) is 17.9. The maximum absolute atomic E-state index is 12.0. The van der Waals surface area contributed by atoms with Gasteiger partial charge in [-0.2, -0.15) is 0 Å². The van der Waals surface area contributed by atoms with Crippen molar-refractivity contribution in [2.75, 3.05) is 38.5 Å². The highest BCUT2D eigenvalue weighted by Crippen LogP contribution is 2.31. The molecular weight excluding hydrogens is 493 g/mol. The molecule has 8 heteroatoms. The number of carbonyl (C=O) groups is 1. The predicted molar refractivity (Wildman–Crippen MR) is 132 cm³/mol. The van der Waals surface area contributed by atoms with Gasteiger partial charge < -0.3 is 20.4 Å². The van der Waals surface area contributed by atoms with Crippen LogP contribution in [-0.4, -0.2) is 50.0 Å². The van der Waals surface area contributed by atoms with E-state index in [0.717, 1.165) is 36.1 Å². The molecule has 7 nitrogen and oxygen atoms in total. The zero-order chi connectivity index (χ0) is 20.6. The zero-order valence-corrected chi connectivity index (χ0v) is 20.2. The van der Waals surface area contributed by atoms with Crippen LogP contribution in [-0.2, 0) is 4.79 Å². The fourth-order valence-electron chi connectivity index (χ4n) is 3.87. The molecule has 30 heavy (non-hydrogen) atoms. The second-order valence-corrected chi connectivity index (χ2v) is 7.12.